The van der Waals surface area contributed by atoms with E-state index in [2.05, 4.69) is 41.3 Å². The van der Waals surface area contributed by atoms with E-state index in [0.29, 0.717) is 12.5 Å². The second kappa shape index (κ2) is 6.64. The first-order chi connectivity index (χ1) is 9.16. The first kappa shape index (κ1) is 14.0. The molecule has 1 N–H and O–H groups in total. The quantitative estimate of drug-likeness (QED) is 0.906. The molecule has 1 atom stereocenters. The Kier molecular flexibility index (Phi) is 4.88. The van der Waals surface area contributed by atoms with Crippen LogP contribution in [-0.4, -0.2) is 9.97 Å². The molecule has 0 bridgehead atoms. The van der Waals surface area contributed by atoms with Crippen LogP contribution < -0.4 is 5.32 Å². The van der Waals surface area contributed by atoms with Crippen molar-refractivity contribution in [3.63, 3.8) is 0 Å². The highest BCUT2D eigenvalue weighted by molar-refractivity contribution is 6.30. The van der Waals surface area contributed by atoms with Crippen molar-refractivity contribution in [1.29, 1.82) is 0 Å². The van der Waals surface area contributed by atoms with Crippen molar-refractivity contribution in [2.75, 3.05) is 0 Å². The van der Waals surface area contributed by atoms with E-state index in [1.807, 2.05) is 12.1 Å². The van der Waals surface area contributed by atoms with Crippen molar-refractivity contribution in [2.24, 2.45) is 5.92 Å². The van der Waals surface area contributed by atoms with E-state index in [1.165, 1.54) is 5.56 Å². The van der Waals surface area contributed by atoms with Crippen LogP contribution in [0.2, 0.25) is 5.02 Å². The van der Waals surface area contributed by atoms with Gasteiger partial charge >= 0.3 is 0 Å². The zero-order valence-electron chi connectivity index (χ0n) is 11.2. The molecule has 100 valence electrons. The summed E-state index contributed by atoms with van der Waals surface area (Å²) in [6.07, 6.45) is 5.18. The number of benzene rings is 1. The van der Waals surface area contributed by atoms with Gasteiger partial charge in [-0.05, 0) is 23.6 Å². The molecule has 0 radical (unpaired) electrons. The standard InChI is InChI=1S/C15H18ClN3/c1-11(2)15(12-3-5-13(16)6-4-12)19-10-14-9-17-7-8-18-14/h3-9,11,15,19H,10H2,1-2H3. The van der Waals surface area contributed by atoms with Gasteiger partial charge in [0.25, 0.3) is 0 Å². The SMILES string of the molecule is CC(C)C(NCc1cnccn1)c1ccc(Cl)cc1. The summed E-state index contributed by atoms with van der Waals surface area (Å²) in [7, 11) is 0. The first-order valence-corrected chi connectivity index (χ1v) is 6.78. The van der Waals surface area contributed by atoms with Crippen molar-refractivity contribution in [1.82, 2.24) is 15.3 Å². The minimum absolute atomic E-state index is 0.277. The molecule has 0 amide bonds. The Morgan fingerprint density at radius 1 is 1.16 bits per heavy atom. The molecule has 2 rings (SSSR count). The van der Waals surface area contributed by atoms with Gasteiger partial charge in [0.15, 0.2) is 0 Å². The predicted octanol–water partition coefficient (Wildman–Crippen LogP) is 3.62. The number of nitrogens with zero attached hydrogens (tertiary/aromatic N) is 2. The number of halogens is 1. The molecule has 1 unspecified atom stereocenters. The molecule has 0 aliphatic rings. The van der Waals surface area contributed by atoms with Crippen molar-refractivity contribution in [2.45, 2.75) is 26.4 Å². The highest BCUT2D eigenvalue weighted by Crippen LogP contribution is 2.23. The zero-order chi connectivity index (χ0) is 13.7. The van der Waals surface area contributed by atoms with Gasteiger partial charge in [-0.2, -0.15) is 0 Å². The second-order valence-corrected chi connectivity index (χ2v) is 5.29. The Bertz CT molecular complexity index is 497. The van der Waals surface area contributed by atoms with E-state index in [4.69, 9.17) is 11.6 Å². The van der Waals surface area contributed by atoms with Gasteiger partial charge < -0.3 is 5.32 Å². The molecule has 0 spiro atoms. The monoisotopic (exact) mass is 275 g/mol. The number of rotatable bonds is 5. The summed E-state index contributed by atoms with van der Waals surface area (Å²) >= 11 is 5.93. The molecule has 1 heterocycles. The highest BCUT2D eigenvalue weighted by atomic mass is 35.5. The summed E-state index contributed by atoms with van der Waals surface area (Å²) in [6, 6.07) is 8.26. The topological polar surface area (TPSA) is 37.8 Å². The molecule has 0 aliphatic carbocycles. The van der Waals surface area contributed by atoms with Crippen LogP contribution in [0.25, 0.3) is 0 Å². The fraction of sp³-hybridized carbons (Fsp3) is 0.333. The summed E-state index contributed by atoms with van der Waals surface area (Å²) in [5, 5.41) is 4.29. The number of hydrogen-bond donors (Lipinski definition) is 1. The van der Waals surface area contributed by atoms with Crippen LogP contribution in [0, 0.1) is 5.92 Å². The van der Waals surface area contributed by atoms with Gasteiger partial charge in [-0.1, -0.05) is 37.6 Å². The molecule has 1 aromatic heterocycles. The van der Waals surface area contributed by atoms with Gasteiger partial charge in [0.2, 0.25) is 0 Å². The maximum atomic E-state index is 5.93. The molecular weight excluding hydrogens is 258 g/mol. The van der Waals surface area contributed by atoms with Crippen molar-refractivity contribution >= 4 is 11.6 Å². The molecular formula is C15H18ClN3. The van der Waals surface area contributed by atoms with Crippen LogP contribution in [0.15, 0.2) is 42.9 Å². The Hall–Kier alpha value is -1.45. The van der Waals surface area contributed by atoms with E-state index in [-0.39, 0.29) is 6.04 Å². The van der Waals surface area contributed by atoms with Gasteiger partial charge in [0, 0.05) is 36.2 Å². The summed E-state index contributed by atoms with van der Waals surface area (Å²) in [6.45, 7) is 5.10. The largest absolute Gasteiger partial charge is 0.304 e. The lowest BCUT2D eigenvalue weighted by atomic mass is 9.96. The van der Waals surface area contributed by atoms with Crippen LogP contribution in [0.5, 0.6) is 0 Å². The number of nitrogens with one attached hydrogen (secondary N) is 1. The summed E-state index contributed by atoms with van der Waals surface area (Å²) in [4.78, 5) is 8.34. The third-order valence-electron chi connectivity index (χ3n) is 3.02. The molecule has 0 saturated carbocycles. The van der Waals surface area contributed by atoms with Crippen molar-refractivity contribution < 1.29 is 0 Å². The molecule has 1 aromatic carbocycles. The zero-order valence-corrected chi connectivity index (χ0v) is 11.9. The maximum Gasteiger partial charge on any atom is 0.0724 e. The third kappa shape index (κ3) is 4.01. The molecule has 3 nitrogen and oxygen atoms in total. The van der Waals surface area contributed by atoms with Crippen LogP contribution in [-0.2, 0) is 6.54 Å². The van der Waals surface area contributed by atoms with Gasteiger partial charge in [0.1, 0.15) is 0 Å². The van der Waals surface area contributed by atoms with E-state index in [1.54, 1.807) is 18.6 Å². The van der Waals surface area contributed by atoms with Crippen LogP contribution in [0.1, 0.15) is 31.1 Å². The summed E-state index contributed by atoms with van der Waals surface area (Å²) in [5.74, 6) is 0.484. The number of hydrogen-bond acceptors (Lipinski definition) is 3. The third-order valence-corrected chi connectivity index (χ3v) is 3.27. The Morgan fingerprint density at radius 3 is 2.47 bits per heavy atom. The maximum absolute atomic E-state index is 5.93. The molecule has 4 heteroatoms. The van der Waals surface area contributed by atoms with Gasteiger partial charge in [0.05, 0.1) is 5.69 Å². The Morgan fingerprint density at radius 2 is 1.89 bits per heavy atom. The smallest absolute Gasteiger partial charge is 0.0724 e. The average Bonchev–Trinajstić information content (AvgIpc) is 2.42. The van der Waals surface area contributed by atoms with Gasteiger partial charge in [-0.3, -0.25) is 9.97 Å². The predicted molar refractivity (Wildman–Crippen MR) is 77.9 cm³/mol. The fourth-order valence-electron chi connectivity index (χ4n) is 2.04. The number of aromatic nitrogens is 2. The fourth-order valence-corrected chi connectivity index (χ4v) is 2.17. The average molecular weight is 276 g/mol. The Balaban J connectivity index is 2.06. The minimum Gasteiger partial charge on any atom is -0.304 e. The molecule has 0 saturated heterocycles. The summed E-state index contributed by atoms with van der Waals surface area (Å²) < 4.78 is 0. The highest BCUT2D eigenvalue weighted by Gasteiger charge is 2.15. The Labute approximate surface area is 119 Å². The molecule has 0 fully saturated rings. The lowest BCUT2D eigenvalue weighted by Crippen LogP contribution is -2.25. The van der Waals surface area contributed by atoms with E-state index >= 15 is 0 Å². The first-order valence-electron chi connectivity index (χ1n) is 6.40. The molecule has 0 aliphatic heterocycles. The molecule has 19 heavy (non-hydrogen) atoms. The van der Waals surface area contributed by atoms with Crippen molar-refractivity contribution in [3.05, 3.63) is 59.1 Å². The van der Waals surface area contributed by atoms with E-state index in [0.717, 1.165) is 10.7 Å². The lowest BCUT2D eigenvalue weighted by Gasteiger charge is -2.23. The van der Waals surface area contributed by atoms with E-state index < -0.39 is 0 Å². The van der Waals surface area contributed by atoms with Crippen LogP contribution in [0.4, 0.5) is 0 Å². The van der Waals surface area contributed by atoms with Gasteiger partial charge in [-0.15, -0.1) is 0 Å². The summed E-state index contributed by atoms with van der Waals surface area (Å²) in [5.41, 5.74) is 2.19. The van der Waals surface area contributed by atoms with E-state index in [9.17, 15) is 0 Å². The van der Waals surface area contributed by atoms with Crippen LogP contribution >= 0.6 is 11.6 Å². The lowest BCUT2D eigenvalue weighted by molar-refractivity contribution is 0.408. The molecule has 2 aromatic rings. The van der Waals surface area contributed by atoms with Gasteiger partial charge in [-0.25, -0.2) is 0 Å². The second-order valence-electron chi connectivity index (χ2n) is 4.85. The minimum atomic E-state index is 0.277. The van der Waals surface area contributed by atoms with Crippen LogP contribution in [0.3, 0.4) is 0 Å². The van der Waals surface area contributed by atoms with Crippen molar-refractivity contribution in [3.8, 4) is 0 Å². The normalized spacial score (nSPS) is 12.6.